The van der Waals surface area contributed by atoms with Gasteiger partial charge in [0.2, 0.25) is 0 Å². The van der Waals surface area contributed by atoms with Gasteiger partial charge in [-0.1, -0.05) is 57.8 Å². The molecule has 0 atom stereocenters. The number of alkyl halides is 2. The van der Waals surface area contributed by atoms with E-state index >= 15 is 0 Å². The zero-order valence-electron chi connectivity index (χ0n) is 18.9. The second kappa shape index (κ2) is 9.96. The molecule has 1 aromatic carbocycles. The van der Waals surface area contributed by atoms with Crippen LogP contribution in [0.3, 0.4) is 0 Å². The van der Waals surface area contributed by atoms with Crippen molar-refractivity contribution in [3.05, 3.63) is 22.8 Å². The van der Waals surface area contributed by atoms with Gasteiger partial charge in [-0.15, -0.1) is 0 Å². The minimum atomic E-state index is -4.33. The van der Waals surface area contributed by atoms with Gasteiger partial charge in [0, 0.05) is 5.56 Å². The molecular weight excluding hydrogens is 414 g/mol. The normalized spacial score (nSPS) is 22.1. The summed E-state index contributed by atoms with van der Waals surface area (Å²) in [6, 6.07) is 1.90. The van der Waals surface area contributed by atoms with Gasteiger partial charge in [0.25, 0.3) is 0 Å². The number of halogens is 2. The molecule has 3 aliphatic carbocycles. The summed E-state index contributed by atoms with van der Waals surface area (Å²) < 4.78 is 33.9. The first-order chi connectivity index (χ1) is 15.4. The van der Waals surface area contributed by atoms with Crippen molar-refractivity contribution in [1.82, 2.24) is 0 Å². The van der Waals surface area contributed by atoms with Gasteiger partial charge in [0.15, 0.2) is 0 Å². The Labute approximate surface area is 189 Å². The number of aromatic hydroxyl groups is 1. The number of aliphatic carboxylic acids is 1. The van der Waals surface area contributed by atoms with Crippen molar-refractivity contribution in [2.75, 3.05) is 0 Å². The molecule has 4 nitrogen and oxygen atoms in total. The van der Waals surface area contributed by atoms with Crippen LogP contribution in [0.1, 0.15) is 131 Å². The van der Waals surface area contributed by atoms with E-state index in [0.717, 1.165) is 95.5 Å². The van der Waals surface area contributed by atoms with Crippen molar-refractivity contribution in [2.45, 2.75) is 120 Å². The summed E-state index contributed by atoms with van der Waals surface area (Å²) in [6.07, 6.45) is 10.7. The summed E-state index contributed by atoms with van der Waals surface area (Å²) in [5.41, 5.74) is 2.02. The van der Waals surface area contributed by atoms with E-state index < -0.39 is 12.1 Å². The van der Waals surface area contributed by atoms with Gasteiger partial charge >= 0.3 is 12.1 Å². The number of carboxylic acids is 1. The molecule has 0 heterocycles. The molecule has 0 amide bonds. The van der Waals surface area contributed by atoms with Crippen LogP contribution in [0, 0.1) is 0 Å². The summed E-state index contributed by atoms with van der Waals surface area (Å²) in [7, 11) is 0. The van der Waals surface area contributed by atoms with Crippen LogP contribution in [0.5, 0.6) is 11.5 Å². The lowest BCUT2D eigenvalue weighted by atomic mass is 9.75. The maximum atomic E-state index is 14.4. The number of ether oxygens (including phenoxy) is 1. The number of benzene rings is 1. The summed E-state index contributed by atoms with van der Waals surface area (Å²) >= 11 is 0. The van der Waals surface area contributed by atoms with Crippen molar-refractivity contribution in [3.63, 3.8) is 0 Å². The summed E-state index contributed by atoms with van der Waals surface area (Å²) in [5, 5.41) is 20.6. The molecule has 3 aliphatic rings. The zero-order chi connectivity index (χ0) is 22.7. The summed E-state index contributed by atoms with van der Waals surface area (Å²) in [6.45, 7) is 0. The van der Waals surface area contributed by atoms with Crippen molar-refractivity contribution in [1.29, 1.82) is 0 Å². The number of phenols is 1. The fourth-order valence-corrected chi connectivity index (χ4v) is 6.22. The monoisotopic (exact) mass is 450 g/mol. The van der Waals surface area contributed by atoms with Crippen molar-refractivity contribution < 1.29 is 28.5 Å². The van der Waals surface area contributed by atoms with E-state index in [4.69, 9.17) is 9.84 Å². The van der Waals surface area contributed by atoms with Crippen LogP contribution in [0.25, 0.3) is 0 Å². The third-order valence-corrected chi connectivity index (χ3v) is 7.93. The number of phenolic OH excluding ortho intramolecular Hbond substituents is 1. The Morgan fingerprint density at radius 2 is 1.22 bits per heavy atom. The third kappa shape index (κ3) is 4.89. The van der Waals surface area contributed by atoms with E-state index in [9.17, 15) is 18.7 Å². The molecule has 0 spiro atoms. The fourth-order valence-electron chi connectivity index (χ4n) is 6.22. The molecule has 0 bridgehead atoms. The number of hydrogen-bond acceptors (Lipinski definition) is 3. The molecule has 178 valence electrons. The number of carbonyl (C=O) groups is 1. The van der Waals surface area contributed by atoms with Crippen LogP contribution in [0.4, 0.5) is 8.78 Å². The van der Waals surface area contributed by atoms with Gasteiger partial charge < -0.3 is 14.9 Å². The zero-order valence-corrected chi connectivity index (χ0v) is 18.9. The van der Waals surface area contributed by atoms with Crippen molar-refractivity contribution >= 4 is 5.97 Å². The van der Waals surface area contributed by atoms with Gasteiger partial charge in [-0.2, -0.15) is 8.78 Å². The second-order valence-corrected chi connectivity index (χ2v) is 10.1. The van der Waals surface area contributed by atoms with Gasteiger partial charge in [-0.25, -0.2) is 4.79 Å². The van der Waals surface area contributed by atoms with E-state index in [1.165, 1.54) is 6.42 Å². The van der Waals surface area contributed by atoms with E-state index in [2.05, 4.69) is 0 Å². The highest BCUT2D eigenvalue weighted by Gasteiger charge is 2.45. The van der Waals surface area contributed by atoms with Gasteiger partial charge in [-0.05, 0) is 73.5 Å². The van der Waals surface area contributed by atoms with Crippen LogP contribution in [-0.4, -0.2) is 22.3 Å². The molecule has 4 rings (SSSR count). The molecule has 6 heteroatoms. The first-order valence-electron chi connectivity index (χ1n) is 12.6. The van der Waals surface area contributed by atoms with E-state index in [0.29, 0.717) is 11.1 Å². The Morgan fingerprint density at radius 3 is 1.69 bits per heavy atom. The predicted octanol–water partition coefficient (Wildman–Crippen LogP) is 7.59. The quantitative estimate of drug-likeness (QED) is 0.468. The molecule has 3 saturated carbocycles. The molecule has 2 N–H and O–H groups in total. The van der Waals surface area contributed by atoms with Crippen molar-refractivity contribution in [3.8, 4) is 11.5 Å². The Hall–Kier alpha value is -1.85. The molecule has 0 aromatic heterocycles. The largest absolute Gasteiger partial charge is 0.507 e. The van der Waals surface area contributed by atoms with Crippen LogP contribution in [0.2, 0.25) is 0 Å². The number of carboxylic acid groups (broad SMARTS) is 1. The van der Waals surface area contributed by atoms with Crippen LogP contribution < -0.4 is 4.74 Å². The molecule has 1 aromatic rings. The molecule has 0 aliphatic heterocycles. The number of hydrogen-bond donors (Lipinski definition) is 2. The molecule has 0 unspecified atom stereocenters. The lowest BCUT2D eigenvalue weighted by molar-refractivity contribution is -0.211. The highest BCUT2D eigenvalue weighted by atomic mass is 19.3. The highest BCUT2D eigenvalue weighted by molar-refractivity contribution is 5.74. The topological polar surface area (TPSA) is 66.8 Å². The molecule has 0 radical (unpaired) electrons. The Balaban J connectivity index is 1.88. The average Bonchev–Trinajstić information content (AvgIpc) is 2.81. The van der Waals surface area contributed by atoms with Crippen LogP contribution in [0.15, 0.2) is 6.07 Å². The first-order valence-corrected chi connectivity index (χ1v) is 12.6. The third-order valence-electron chi connectivity index (χ3n) is 7.93. The molecule has 3 fully saturated rings. The Morgan fingerprint density at radius 1 is 0.781 bits per heavy atom. The predicted molar refractivity (Wildman–Crippen MR) is 119 cm³/mol. The van der Waals surface area contributed by atoms with Gasteiger partial charge in [-0.3, -0.25) is 0 Å². The Kier molecular flexibility index (Phi) is 7.26. The van der Waals surface area contributed by atoms with Crippen LogP contribution in [-0.2, 0) is 4.79 Å². The maximum Gasteiger partial charge on any atom is 0.501 e. The first kappa shape index (κ1) is 23.3. The van der Waals surface area contributed by atoms with E-state index in [1.807, 2.05) is 6.07 Å². The van der Waals surface area contributed by atoms with E-state index in [-0.39, 0.29) is 29.3 Å². The van der Waals surface area contributed by atoms with E-state index in [1.54, 1.807) is 0 Å². The minimum absolute atomic E-state index is 0.0479. The summed E-state index contributed by atoms with van der Waals surface area (Å²) in [5.74, 6) is -2.05. The average molecular weight is 451 g/mol. The lowest BCUT2D eigenvalue weighted by Gasteiger charge is -2.33. The van der Waals surface area contributed by atoms with Gasteiger partial charge in [0.1, 0.15) is 11.5 Å². The minimum Gasteiger partial charge on any atom is -0.507 e. The van der Waals surface area contributed by atoms with Crippen LogP contribution >= 0.6 is 0 Å². The standard InChI is InChI=1S/C26H36F2O4/c27-26(28,25(30)31)32-24-21(18-12-6-2-7-13-18)16-20(17-10-4-1-5-11-17)23(29)22(24)19-14-8-3-9-15-19/h16-19,29H,1-15H2,(H,30,31). The van der Waals surface area contributed by atoms with Gasteiger partial charge in [0.05, 0.1) is 0 Å². The smallest absolute Gasteiger partial charge is 0.501 e. The van der Waals surface area contributed by atoms with Crippen molar-refractivity contribution in [2.24, 2.45) is 0 Å². The second-order valence-electron chi connectivity index (χ2n) is 10.1. The molecule has 32 heavy (non-hydrogen) atoms. The summed E-state index contributed by atoms with van der Waals surface area (Å²) in [4.78, 5) is 11.3. The lowest BCUT2D eigenvalue weighted by Crippen LogP contribution is -2.36. The fraction of sp³-hybridized carbons (Fsp3) is 0.731. The number of rotatable bonds is 6. The SMILES string of the molecule is O=C(O)C(F)(F)Oc1c(C2CCCCC2)cc(C2CCCCC2)c(O)c1C1CCCCC1. The Bertz CT molecular complexity index is 805. The molecular formula is C26H36F2O4. The highest BCUT2D eigenvalue weighted by Crippen LogP contribution is 2.53. The molecule has 0 saturated heterocycles. The maximum absolute atomic E-state index is 14.4.